The number of H-pyrrole nitrogens is 1. The summed E-state index contributed by atoms with van der Waals surface area (Å²) in [5, 5.41) is 15.1. The Labute approximate surface area is 139 Å². The Morgan fingerprint density at radius 3 is 3.17 bits per heavy atom. The maximum absolute atomic E-state index is 5.62. The number of nitrogens with zero attached hydrogens (tertiary/aromatic N) is 4. The molecule has 24 heavy (non-hydrogen) atoms. The fourth-order valence-corrected chi connectivity index (χ4v) is 2.73. The lowest BCUT2D eigenvalue weighted by molar-refractivity contribution is 0.111. The predicted molar refractivity (Wildman–Crippen MR) is 87.9 cm³/mol. The number of hydrogen-bond acceptors (Lipinski definition) is 6. The molecule has 4 rings (SSSR count). The van der Waals surface area contributed by atoms with Crippen molar-refractivity contribution in [3.8, 4) is 0 Å². The van der Waals surface area contributed by atoms with Gasteiger partial charge in [-0.2, -0.15) is 10.2 Å². The second-order valence-electron chi connectivity index (χ2n) is 5.73. The molecule has 1 aliphatic rings. The summed E-state index contributed by atoms with van der Waals surface area (Å²) in [6, 6.07) is 3.91. The predicted octanol–water partition coefficient (Wildman–Crippen LogP) is 2.57. The minimum absolute atomic E-state index is 0.0564. The number of aromatic amines is 1. The molecule has 3 aromatic rings. The van der Waals surface area contributed by atoms with Gasteiger partial charge in [0.2, 0.25) is 0 Å². The van der Waals surface area contributed by atoms with Gasteiger partial charge in [0.25, 0.3) is 0 Å². The molecule has 1 radical (unpaired) electrons. The van der Waals surface area contributed by atoms with E-state index in [1.165, 1.54) is 0 Å². The largest absolute Gasteiger partial charge is 0.375 e. The van der Waals surface area contributed by atoms with Gasteiger partial charge in [-0.1, -0.05) is 0 Å². The van der Waals surface area contributed by atoms with Gasteiger partial charge in [0.1, 0.15) is 5.52 Å². The zero-order chi connectivity index (χ0) is 16.5. The van der Waals surface area contributed by atoms with Crippen molar-refractivity contribution < 1.29 is 9.47 Å². The SMILES string of the molecule is CO[C@@H](C)c1cc2c(Nc3cc([C@H]4C[CH]CO4)[nH]n3)nccn2n1. The van der Waals surface area contributed by atoms with Crippen LogP contribution < -0.4 is 5.32 Å². The third kappa shape index (κ3) is 2.74. The molecular weight excluding hydrogens is 308 g/mol. The minimum Gasteiger partial charge on any atom is -0.375 e. The molecule has 1 aliphatic heterocycles. The van der Waals surface area contributed by atoms with Crippen LogP contribution in [0.4, 0.5) is 11.6 Å². The molecule has 125 valence electrons. The topological polar surface area (TPSA) is 89.4 Å². The molecule has 2 atom stereocenters. The van der Waals surface area contributed by atoms with Gasteiger partial charge in [0, 0.05) is 25.6 Å². The minimum atomic E-state index is -0.0782. The lowest BCUT2D eigenvalue weighted by atomic mass is 10.2. The molecule has 0 aromatic carbocycles. The number of nitrogens with one attached hydrogen (secondary N) is 2. The van der Waals surface area contributed by atoms with Gasteiger partial charge in [0.15, 0.2) is 11.6 Å². The highest BCUT2D eigenvalue weighted by Gasteiger charge is 2.20. The van der Waals surface area contributed by atoms with Crippen LogP contribution in [0.5, 0.6) is 0 Å². The molecule has 0 unspecified atom stereocenters. The van der Waals surface area contributed by atoms with Crippen molar-refractivity contribution >= 4 is 17.2 Å². The molecular formula is C16H19N6O2. The average molecular weight is 327 g/mol. The van der Waals surface area contributed by atoms with Crippen molar-refractivity contribution in [3.63, 3.8) is 0 Å². The number of aromatic nitrogens is 5. The number of anilines is 2. The Bertz CT molecular complexity index is 836. The van der Waals surface area contributed by atoms with Crippen molar-refractivity contribution in [2.24, 2.45) is 0 Å². The highest BCUT2D eigenvalue weighted by Crippen LogP contribution is 2.29. The van der Waals surface area contributed by atoms with Gasteiger partial charge in [-0.3, -0.25) is 5.10 Å². The number of fused-ring (bicyclic) bond motifs is 1. The average Bonchev–Trinajstić information content (AvgIpc) is 3.33. The summed E-state index contributed by atoms with van der Waals surface area (Å²) in [7, 11) is 1.67. The summed E-state index contributed by atoms with van der Waals surface area (Å²) in [6.45, 7) is 2.64. The van der Waals surface area contributed by atoms with Gasteiger partial charge in [0.05, 0.1) is 30.2 Å². The maximum Gasteiger partial charge on any atom is 0.157 e. The fourth-order valence-electron chi connectivity index (χ4n) is 2.73. The summed E-state index contributed by atoms with van der Waals surface area (Å²) >= 11 is 0. The second kappa shape index (κ2) is 6.21. The maximum atomic E-state index is 5.62. The van der Waals surface area contributed by atoms with E-state index >= 15 is 0 Å². The van der Waals surface area contributed by atoms with Crippen LogP contribution in [0.1, 0.15) is 36.9 Å². The van der Waals surface area contributed by atoms with Crippen molar-refractivity contribution in [1.29, 1.82) is 0 Å². The first-order valence-corrected chi connectivity index (χ1v) is 7.87. The van der Waals surface area contributed by atoms with Gasteiger partial charge >= 0.3 is 0 Å². The summed E-state index contributed by atoms with van der Waals surface area (Å²) in [6.07, 6.45) is 6.50. The van der Waals surface area contributed by atoms with E-state index in [1.54, 1.807) is 17.8 Å². The molecule has 2 N–H and O–H groups in total. The van der Waals surface area contributed by atoms with E-state index in [0.29, 0.717) is 18.2 Å². The number of hydrogen-bond donors (Lipinski definition) is 2. The van der Waals surface area contributed by atoms with E-state index < -0.39 is 0 Å². The zero-order valence-electron chi connectivity index (χ0n) is 13.6. The Morgan fingerprint density at radius 2 is 2.38 bits per heavy atom. The number of rotatable bonds is 5. The van der Waals surface area contributed by atoms with E-state index in [2.05, 4.69) is 32.0 Å². The first-order valence-electron chi connectivity index (χ1n) is 7.87. The zero-order valence-corrected chi connectivity index (χ0v) is 13.6. The van der Waals surface area contributed by atoms with Crippen molar-refractivity contribution in [1.82, 2.24) is 24.8 Å². The summed E-state index contributed by atoms with van der Waals surface area (Å²) < 4.78 is 12.7. The Kier molecular flexibility index (Phi) is 3.91. The first kappa shape index (κ1) is 15.1. The molecule has 1 fully saturated rings. The monoisotopic (exact) mass is 327 g/mol. The fraction of sp³-hybridized carbons (Fsp3) is 0.375. The quantitative estimate of drug-likeness (QED) is 0.748. The molecule has 3 aromatic heterocycles. The Morgan fingerprint density at radius 1 is 1.46 bits per heavy atom. The highest BCUT2D eigenvalue weighted by atomic mass is 16.5. The number of methoxy groups -OCH3 is 1. The van der Waals surface area contributed by atoms with E-state index in [4.69, 9.17) is 9.47 Å². The Hall–Kier alpha value is -2.45. The molecule has 0 amide bonds. The highest BCUT2D eigenvalue weighted by molar-refractivity contribution is 5.72. The van der Waals surface area contributed by atoms with Crippen LogP contribution in [-0.2, 0) is 9.47 Å². The number of ether oxygens (including phenoxy) is 2. The smallest absolute Gasteiger partial charge is 0.157 e. The molecule has 4 heterocycles. The summed E-state index contributed by atoms with van der Waals surface area (Å²) in [4.78, 5) is 4.40. The third-order valence-electron chi connectivity index (χ3n) is 4.17. The lowest BCUT2D eigenvalue weighted by Gasteiger charge is -2.04. The molecule has 8 heteroatoms. The van der Waals surface area contributed by atoms with Crippen LogP contribution in [0.25, 0.3) is 5.52 Å². The molecule has 0 spiro atoms. The second-order valence-corrected chi connectivity index (χ2v) is 5.73. The van der Waals surface area contributed by atoms with E-state index in [0.717, 1.165) is 23.3 Å². The van der Waals surface area contributed by atoms with Gasteiger partial charge in [-0.15, -0.1) is 0 Å². The van der Waals surface area contributed by atoms with Crippen LogP contribution >= 0.6 is 0 Å². The Balaban J connectivity index is 1.61. The van der Waals surface area contributed by atoms with Crippen LogP contribution in [-0.4, -0.2) is 38.5 Å². The van der Waals surface area contributed by atoms with E-state index in [9.17, 15) is 0 Å². The first-order chi connectivity index (χ1) is 11.7. The van der Waals surface area contributed by atoms with E-state index in [1.807, 2.05) is 25.3 Å². The standard InChI is InChI=1S/C16H19N6O2/c1-10(23-2)11-8-13-16(17-5-6-22(13)21-11)18-15-9-12(19-20-15)14-4-3-7-24-14/h3,5-6,8-10,14H,4,7H2,1-2H3,(H2,17,18,19,20)/t10-,14+/m0/s1. The molecule has 8 nitrogen and oxygen atoms in total. The third-order valence-corrected chi connectivity index (χ3v) is 4.17. The molecule has 0 saturated carbocycles. The summed E-state index contributed by atoms with van der Waals surface area (Å²) in [5.41, 5.74) is 2.68. The molecule has 0 aliphatic carbocycles. The summed E-state index contributed by atoms with van der Waals surface area (Å²) in [5.74, 6) is 1.39. The van der Waals surface area contributed by atoms with Crippen LogP contribution in [0.3, 0.4) is 0 Å². The van der Waals surface area contributed by atoms with Gasteiger partial charge < -0.3 is 14.8 Å². The van der Waals surface area contributed by atoms with E-state index in [-0.39, 0.29) is 12.2 Å². The van der Waals surface area contributed by atoms with Crippen molar-refractivity contribution in [2.45, 2.75) is 25.6 Å². The van der Waals surface area contributed by atoms with Gasteiger partial charge in [-0.05, 0) is 25.8 Å². The normalized spacial score (nSPS) is 19.0. The van der Waals surface area contributed by atoms with Crippen molar-refractivity contribution in [2.75, 3.05) is 19.0 Å². The van der Waals surface area contributed by atoms with Gasteiger partial charge in [-0.25, -0.2) is 9.50 Å². The van der Waals surface area contributed by atoms with Crippen molar-refractivity contribution in [3.05, 3.63) is 42.3 Å². The van der Waals surface area contributed by atoms with Crippen LogP contribution in [0.15, 0.2) is 24.5 Å². The molecule has 1 saturated heterocycles. The lowest BCUT2D eigenvalue weighted by Crippen LogP contribution is -1.98. The van der Waals surface area contributed by atoms with Crippen LogP contribution in [0.2, 0.25) is 0 Å². The molecule has 0 bridgehead atoms. The van der Waals surface area contributed by atoms with Crippen LogP contribution in [0, 0.1) is 6.42 Å².